The van der Waals surface area contributed by atoms with Gasteiger partial charge in [0, 0.05) is 41.0 Å². The smallest absolute Gasteiger partial charge is 0.246 e. The van der Waals surface area contributed by atoms with Crippen molar-refractivity contribution >= 4 is 39.7 Å². The summed E-state index contributed by atoms with van der Waals surface area (Å²) in [4.78, 5) is 33.3. The summed E-state index contributed by atoms with van der Waals surface area (Å²) in [5, 5.41) is 7.99. The van der Waals surface area contributed by atoms with Crippen LogP contribution < -0.4 is 10.6 Å². The van der Waals surface area contributed by atoms with E-state index in [1.807, 2.05) is 72.8 Å². The minimum atomic E-state index is -0.139. The number of anilines is 2. The van der Waals surface area contributed by atoms with Crippen LogP contribution in [0.1, 0.15) is 23.1 Å². The molecular weight excluding hydrogens is 412 g/mol. The fraction of sp³-hybridized carbons (Fsp3) is 0.111. The van der Waals surface area contributed by atoms with Crippen LogP contribution in [0.4, 0.5) is 11.4 Å². The highest BCUT2D eigenvalue weighted by Gasteiger charge is 2.20. The molecule has 0 unspecified atom stereocenters. The summed E-state index contributed by atoms with van der Waals surface area (Å²) in [6, 6.07) is 23.4. The van der Waals surface area contributed by atoms with Crippen LogP contribution in [0.5, 0.6) is 0 Å². The number of aromatic nitrogens is 1. The Balaban J connectivity index is 1.36. The molecule has 1 aliphatic rings. The van der Waals surface area contributed by atoms with Gasteiger partial charge in [0.2, 0.25) is 11.8 Å². The molecule has 0 aliphatic carbocycles. The number of nitrogens with zero attached hydrogens (tertiary/aromatic N) is 2. The fourth-order valence-corrected chi connectivity index (χ4v) is 4.00. The van der Waals surface area contributed by atoms with Crippen LogP contribution >= 0.6 is 0 Å². The summed E-state index contributed by atoms with van der Waals surface area (Å²) in [6.45, 7) is 0.0607. The molecule has 0 fully saturated rings. The maximum atomic E-state index is 12.3. The Kier molecular flexibility index (Phi) is 5.64. The lowest BCUT2D eigenvalue weighted by Gasteiger charge is -2.13. The Bertz CT molecular complexity index is 1360. The van der Waals surface area contributed by atoms with Gasteiger partial charge >= 0.3 is 0 Å². The molecule has 0 saturated heterocycles. The summed E-state index contributed by atoms with van der Waals surface area (Å²) >= 11 is 0. The molecule has 6 heteroatoms. The summed E-state index contributed by atoms with van der Waals surface area (Å²) in [5.74, 6) is -0.190. The second kappa shape index (κ2) is 9.04. The van der Waals surface area contributed by atoms with Gasteiger partial charge in [-0.2, -0.15) is 0 Å². The molecular formula is C27H22N4O2. The van der Waals surface area contributed by atoms with Crippen LogP contribution in [0.3, 0.4) is 0 Å². The second-order valence-electron chi connectivity index (χ2n) is 7.91. The van der Waals surface area contributed by atoms with Crippen molar-refractivity contribution < 1.29 is 9.59 Å². The van der Waals surface area contributed by atoms with Crippen molar-refractivity contribution in [3.8, 4) is 0 Å². The molecule has 0 bridgehead atoms. The van der Waals surface area contributed by atoms with Gasteiger partial charge in [0.1, 0.15) is 6.54 Å². The molecule has 1 aliphatic heterocycles. The van der Waals surface area contributed by atoms with Gasteiger partial charge in [-0.25, -0.2) is 0 Å². The number of hydrogen-bond donors (Lipinski definition) is 2. The number of pyridine rings is 1. The average Bonchev–Trinajstić information content (AvgIpc) is 3.02. The Labute approximate surface area is 191 Å². The highest BCUT2D eigenvalue weighted by molar-refractivity contribution is 6.23. The Morgan fingerprint density at radius 1 is 0.970 bits per heavy atom. The summed E-state index contributed by atoms with van der Waals surface area (Å²) < 4.78 is 0. The van der Waals surface area contributed by atoms with Crippen molar-refractivity contribution in [1.82, 2.24) is 4.98 Å². The zero-order valence-corrected chi connectivity index (χ0v) is 17.9. The maximum Gasteiger partial charge on any atom is 0.246 e. The SMILES string of the molecule is O=C(CCc1cccnc1)Nc1ccc(C2=NCC(=O)Nc3c2ccc2ccccc32)cc1. The number of nitrogens with one attached hydrogen (secondary N) is 2. The first-order valence-corrected chi connectivity index (χ1v) is 10.8. The first-order valence-electron chi connectivity index (χ1n) is 10.8. The average molecular weight is 434 g/mol. The van der Waals surface area contributed by atoms with Gasteiger partial charge in [-0.05, 0) is 35.6 Å². The van der Waals surface area contributed by atoms with Crippen molar-refractivity contribution in [2.24, 2.45) is 4.99 Å². The molecule has 2 N–H and O–H groups in total. The number of fused-ring (bicyclic) bond motifs is 3. The number of aryl methyl sites for hydroxylation is 1. The lowest BCUT2D eigenvalue weighted by atomic mass is 9.96. The minimum Gasteiger partial charge on any atom is -0.326 e. The van der Waals surface area contributed by atoms with Crippen molar-refractivity contribution in [2.75, 3.05) is 17.2 Å². The van der Waals surface area contributed by atoms with Gasteiger partial charge in [-0.3, -0.25) is 19.6 Å². The third kappa shape index (κ3) is 4.50. The quantitative estimate of drug-likeness (QED) is 0.482. The zero-order valence-electron chi connectivity index (χ0n) is 17.9. The first-order chi connectivity index (χ1) is 16.2. The van der Waals surface area contributed by atoms with Gasteiger partial charge in [-0.15, -0.1) is 0 Å². The van der Waals surface area contributed by atoms with Crippen molar-refractivity contribution in [2.45, 2.75) is 12.8 Å². The molecule has 0 spiro atoms. The third-order valence-corrected chi connectivity index (χ3v) is 5.63. The van der Waals surface area contributed by atoms with Crippen LogP contribution in [0.2, 0.25) is 0 Å². The molecule has 0 radical (unpaired) electrons. The van der Waals surface area contributed by atoms with E-state index >= 15 is 0 Å². The fourth-order valence-electron chi connectivity index (χ4n) is 4.00. The van der Waals surface area contributed by atoms with E-state index in [0.29, 0.717) is 12.8 Å². The van der Waals surface area contributed by atoms with Crippen LogP contribution in [0.15, 0.2) is 90.2 Å². The Morgan fingerprint density at radius 3 is 2.64 bits per heavy atom. The topological polar surface area (TPSA) is 83.5 Å². The van der Waals surface area contributed by atoms with Gasteiger partial charge in [0.25, 0.3) is 0 Å². The molecule has 2 amide bonds. The molecule has 2 heterocycles. The first kappa shape index (κ1) is 20.6. The minimum absolute atomic E-state index is 0.0509. The van der Waals surface area contributed by atoms with Crippen molar-refractivity contribution in [1.29, 1.82) is 0 Å². The van der Waals surface area contributed by atoms with Crippen LogP contribution in [-0.4, -0.2) is 29.1 Å². The summed E-state index contributed by atoms with van der Waals surface area (Å²) in [7, 11) is 0. The highest BCUT2D eigenvalue weighted by Crippen LogP contribution is 2.31. The number of carbonyl (C=O) groups is 2. The number of benzene rings is 3. The highest BCUT2D eigenvalue weighted by atomic mass is 16.2. The van der Waals surface area contributed by atoms with E-state index in [1.54, 1.807) is 12.4 Å². The molecule has 5 rings (SSSR count). The number of carbonyl (C=O) groups excluding carboxylic acids is 2. The molecule has 162 valence electrons. The summed E-state index contributed by atoms with van der Waals surface area (Å²) in [5.41, 5.74) is 5.05. The molecule has 33 heavy (non-hydrogen) atoms. The summed E-state index contributed by atoms with van der Waals surface area (Å²) in [6.07, 6.45) is 4.52. The zero-order chi connectivity index (χ0) is 22.6. The molecule has 6 nitrogen and oxygen atoms in total. The maximum absolute atomic E-state index is 12.3. The second-order valence-corrected chi connectivity index (χ2v) is 7.91. The number of hydrogen-bond acceptors (Lipinski definition) is 4. The lowest BCUT2D eigenvalue weighted by Crippen LogP contribution is -2.13. The number of rotatable bonds is 5. The number of aliphatic imine (C=N–C) groups is 1. The molecule has 4 aromatic rings. The van der Waals surface area contributed by atoms with Crippen molar-refractivity contribution in [3.63, 3.8) is 0 Å². The predicted octanol–water partition coefficient (Wildman–Crippen LogP) is 4.60. The van der Waals surface area contributed by atoms with Crippen LogP contribution in [-0.2, 0) is 16.0 Å². The van der Waals surface area contributed by atoms with E-state index in [1.165, 1.54) is 0 Å². The van der Waals surface area contributed by atoms with E-state index in [4.69, 9.17) is 0 Å². The van der Waals surface area contributed by atoms with Crippen molar-refractivity contribution in [3.05, 3.63) is 102 Å². The monoisotopic (exact) mass is 434 g/mol. The largest absolute Gasteiger partial charge is 0.326 e. The van der Waals surface area contributed by atoms with Gasteiger partial charge < -0.3 is 10.6 Å². The Morgan fingerprint density at radius 2 is 1.82 bits per heavy atom. The predicted molar refractivity (Wildman–Crippen MR) is 131 cm³/mol. The lowest BCUT2D eigenvalue weighted by molar-refractivity contribution is -0.116. The van der Waals surface area contributed by atoms with E-state index in [2.05, 4.69) is 20.6 Å². The Hall–Kier alpha value is -4.32. The normalized spacial score (nSPS) is 13.0. The van der Waals surface area contributed by atoms with Crippen LogP contribution in [0.25, 0.3) is 10.8 Å². The van der Waals surface area contributed by atoms with Crippen LogP contribution in [0, 0.1) is 0 Å². The van der Waals surface area contributed by atoms with E-state index in [0.717, 1.165) is 44.5 Å². The molecule has 3 aromatic carbocycles. The molecule has 0 saturated carbocycles. The van der Waals surface area contributed by atoms with E-state index in [9.17, 15) is 9.59 Å². The van der Waals surface area contributed by atoms with Gasteiger partial charge in [-0.1, -0.05) is 54.6 Å². The van der Waals surface area contributed by atoms with Gasteiger partial charge in [0.15, 0.2) is 0 Å². The molecule has 1 aromatic heterocycles. The molecule has 0 atom stereocenters. The number of amides is 2. The van der Waals surface area contributed by atoms with E-state index < -0.39 is 0 Å². The van der Waals surface area contributed by atoms with Gasteiger partial charge in [0.05, 0.1) is 11.4 Å². The third-order valence-electron chi connectivity index (χ3n) is 5.63. The standard InChI is InChI=1S/C27H22N4O2/c32-24(14-7-18-4-3-15-28-16-18)30-21-11-8-20(9-12-21)26-23-13-10-19-5-1-2-6-22(19)27(23)31-25(33)17-29-26/h1-6,8-13,15-16H,7,14,17H2,(H,30,32)(H,31,33). The van der Waals surface area contributed by atoms with E-state index in [-0.39, 0.29) is 18.4 Å².